The maximum absolute atomic E-state index is 13.3. The molecule has 0 spiro atoms. The smallest absolute Gasteiger partial charge is 0.253 e. The van der Waals surface area contributed by atoms with Gasteiger partial charge in [-0.1, -0.05) is 12.1 Å². The number of aromatic amines is 1. The number of H-pyrrole nitrogens is 1. The summed E-state index contributed by atoms with van der Waals surface area (Å²) in [5.41, 5.74) is 5.26. The van der Waals surface area contributed by atoms with Crippen LogP contribution in [0, 0.1) is 5.82 Å². The van der Waals surface area contributed by atoms with Crippen molar-refractivity contribution in [2.45, 2.75) is 32.2 Å². The Kier molecular flexibility index (Phi) is 4.04. The summed E-state index contributed by atoms with van der Waals surface area (Å²) in [6.07, 6.45) is 4.60. The van der Waals surface area contributed by atoms with Crippen LogP contribution in [0.3, 0.4) is 0 Å². The summed E-state index contributed by atoms with van der Waals surface area (Å²) in [6, 6.07) is 12.2. The van der Waals surface area contributed by atoms with Gasteiger partial charge in [-0.25, -0.2) is 4.39 Å². The minimum Gasteiger partial charge on any atom is -0.358 e. The second-order valence-electron chi connectivity index (χ2n) is 6.84. The van der Waals surface area contributed by atoms with Gasteiger partial charge < -0.3 is 9.88 Å². The molecule has 1 aliphatic rings. The third-order valence-electron chi connectivity index (χ3n) is 5.00. The lowest BCUT2D eigenvalue weighted by molar-refractivity contribution is 0.0785. The van der Waals surface area contributed by atoms with Crippen molar-refractivity contribution in [3.63, 3.8) is 0 Å². The predicted molar refractivity (Wildman–Crippen MR) is 97.1 cm³/mol. The summed E-state index contributed by atoms with van der Waals surface area (Å²) in [4.78, 5) is 17.9. The molecular formula is C21H21FN2O. The Balaban J connectivity index is 1.61. The quantitative estimate of drug-likeness (QED) is 0.753. The zero-order chi connectivity index (χ0) is 17.4. The van der Waals surface area contributed by atoms with Crippen LogP contribution in [0.2, 0.25) is 0 Å². The van der Waals surface area contributed by atoms with Crippen LogP contribution in [0.4, 0.5) is 4.39 Å². The number of hydrogen-bond acceptors (Lipinski definition) is 1. The highest BCUT2D eigenvalue weighted by Gasteiger charge is 2.18. The highest BCUT2D eigenvalue weighted by molar-refractivity contribution is 5.99. The largest absolute Gasteiger partial charge is 0.358 e. The van der Waals surface area contributed by atoms with Crippen molar-refractivity contribution >= 4 is 16.8 Å². The minimum atomic E-state index is -0.279. The van der Waals surface area contributed by atoms with E-state index in [9.17, 15) is 9.18 Å². The van der Waals surface area contributed by atoms with E-state index < -0.39 is 0 Å². The third-order valence-corrected chi connectivity index (χ3v) is 5.00. The fourth-order valence-electron chi connectivity index (χ4n) is 3.74. The van der Waals surface area contributed by atoms with Gasteiger partial charge in [-0.05, 0) is 67.1 Å². The van der Waals surface area contributed by atoms with Crippen molar-refractivity contribution in [2.75, 3.05) is 7.05 Å². The van der Waals surface area contributed by atoms with E-state index in [1.807, 2.05) is 24.3 Å². The average Bonchev–Trinajstić information content (AvgIpc) is 2.99. The molecule has 1 aromatic heterocycles. The van der Waals surface area contributed by atoms with Crippen LogP contribution in [0.1, 0.15) is 40.0 Å². The Morgan fingerprint density at radius 2 is 2.00 bits per heavy atom. The van der Waals surface area contributed by atoms with Gasteiger partial charge in [-0.15, -0.1) is 0 Å². The maximum atomic E-state index is 13.3. The van der Waals surface area contributed by atoms with E-state index >= 15 is 0 Å². The summed E-state index contributed by atoms with van der Waals surface area (Å²) >= 11 is 0. The minimum absolute atomic E-state index is 0.0445. The van der Waals surface area contributed by atoms with Crippen LogP contribution in [0.5, 0.6) is 0 Å². The van der Waals surface area contributed by atoms with Crippen LogP contribution in [0.25, 0.3) is 10.9 Å². The zero-order valence-corrected chi connectivity index (χ0v) is 14.3. The first-order valence-electron chi connectivity index (χ1n) is 8.75. The van der Waals surface area contributed by atoms with Crippen molar-refractivity contribution in [2.24, 2.45) is 0 Å². The van der Waals surface area contributed by atoms with Crippen molar-refractivity contribution in [3.05, 3.63) is 70.7 Å². The van der Waals surface area contributed by atoms with E-state index in [4.69, 9.17) is 0 Å². The standard InChI is InChI=1S/C21H21FN2O/c1-24(13-14-5-4-6-16(22)11-14)21(25)15-9-10-20-18(12-15)17-7-2-3-8-19(17)23-20/h4-6,9-12,23H,2-3,7-8,13H2,1H3. The monoisotopic (exact) mass is 336 g/mol. The molecular weight excluding hydrogens is 315 g/mol. The van der Waals surface area contributed by atoms with Gasteiger partial charge in [0.05, 0.1) is 0 Å². The fourth-order valence-corrected chi connectivity index (χ4v) is 3.74. The summed E-state index contributed by atoms with van der Waals surface area (Å²) in [6.45, 7) is 0.389. The topological polar surface area (TPSA) is 36.1 Å². The second kappa shape index (κ2) is 6.36. The van der Waals surface area contributed by atoms with Gasteiger partial charge in [0.25, 0.3) is 5.91 Å². The number of halogens is 1. The van der Waals surface area contributed by atoms with Crippen LogP contribution < -0.4 is 0 Å². The highest BCUT2D eigenvalue weighted by atomic mass is 19.1. The van der Waals surface area contributed by atoms with Crippen LogP contribution >= 0.6 is 0 Å². The van der Waals surface area contributed by atoms with E-state index in [2.05, 4.69) is 4.98 Å². The first-order valence-corrected chi connectivity index (χ1v) is 8.75. The van der Waals surface area contributed by atoms with E-state index in [1.54, 1.807) is 18.0 Å². The number of aryl methyl sites for hydroxylation is 2. The lowest BCUT2D eigenvalue weighted by Crippen LogP contribution is -2.26. The highest BCUT2D eigenvalue weighted by Crippen LogP contribution is 2.30. The molecule has 128 valence electrons. The lowest BCUT2D eigenvalue weighted by Gasteiger charge is -2.17. The maximum Gasteiger partial charge on any atom is 0.253 e. The predicted octanol–water partition coefficient (Wildman–Crippen LogP) is 4.46. The number of fused-ring (bicyclic) bond motifs is 3. The molecule has 1 N–H and O–H groups in total. The van der Waals surface area contributed by atoms with Crippen LogP contribution in [-0.4, -0.2) is 22.8 Å². The number of nitrogens with zero attached hydrogens (tertiary/aromatic N) is 1. The molecule has 0 atom stereocenters. The third kappa shape index (κ3) is 3.04. The van der Waals surface area contributed by atoms with Crippen molar-refractivity contribution in [3.8, 4) is 0 Å². The van der Waals surface area contributed by atoms with E-state index in [-0.39, 0.29) is 11.7 Å². The molecule has 4 heteroatoms. The van der Waals surface area contributed by atoms with Crippen molar-refractivity contribution in [1.29, 1.82) is 0 Å². The zero-order valence-electron chi connectivity index (χ0n) is 14.3. The van der Waals surface area contributed by atoms with E-state index in [1.165, 1.54) is 41.6 Å². The number of carbonyl (C=O) groups is 1. The van der Waals surface area contributed by atoms with Gasteiger partial charge in [0.2, 0.25) is 0 Å². The molecule has 0 saturated carbocycles. The molecule has 0 bridgehead atoms. The number of carbonyl (C=O) groups excluding carboxylic acids is 1. The number of benzene rings is 2. The molecule has 1 aliphatic carbocycles. The Morgan fingerprint density at radius 3 is 2.84 bits per heavy atom. The summed E-state index contributed by atoms with van der Waals surface area (Å²) in [7, 11) is 1.75. The van der Waals surface area contributed by atoms with Gasteiger partial charge in [0, 0.05) is 35.8 Å². The van der Waals surface area contributed by atoms with Gasteiger partial charge in [-0.2, -0.15) is 0 Å². The Bertz CT molecular complexity index is 944. The fraction of sp³-hybridized carbons (Fsp3) is 0.286. The van der Waals surface area contributed by atoms with E-state index in [0.29, 0.717) is 12.1 Å². The molecule has 0 unspecified atom stereocenters. The van der Waals surface area contributed by atoms with Crippen LogP contribution in [-0.2, 0) is 19.4 Å². The molecule has 1 heterocycles. The molecule has 3 aromatic rings. The number of hydrogen-bond donors (Lipinski definition) is 1. The molecule has 4 rings (SSSR count). The molecule has 0 fully saturated rings. The number of aromatic nitrogens is 1. The number of rotatable bonds is 3. The molecule has 2 aromatic carbocycles. The van der Waals surface area contributed by atoms with E-state index in [0.717, 1.165) is 23.9 Å². The second-order valence-corrected chi connectivity index (χ2v) is 6.84. The molecule has 0 radical (unpaired) electrons. The normalized spacial score (nSPS) is 13.7. The molecule has 0 saturated heterocycles. The van der Waals surface area contributed by atoms with Crippen LogP contribution in [0.15, 0.2) is 42.5 Å². The Labute approximate surface area is 146 Å². The Morgan fingerprint density at radius 1 is 1.16 bits per heavy atom. The average molecular weight is 336 g/mol. The van der Waals surface area contributed by atoms with Crippen molar-refractivity contribution in [1.82, 2.24) is 9.88 Å². The first-order chi connectivity index (χ1) is 12.1. The van der Waals surface area contributed by atoms with Gasteiger partial charge in [0.15, 0.2) is 0 Å². The summed E-state index contributed by atoms with van der Waals surface area (Å²) < 4.78 is 13.3. The SMILES string of the molecule is CN(Cc1cccc(F)c1)C(=O)c1ccc2[nH]c3c(c2c1)CCCC3. The number of amides is 1. The van der Waals surface area contributed by atoms with Gasteiger partial charge >= 0.3 is 0 Å². The summed E-state index contributed by atoms with van der Waals surface area (Å²) in [5, 5.41) is 1.17. The molecule has 0 aliphatic heterocycles. The first kappa shape index (κ1) is 15.9. The lowest BCUT2D eigenvalue weighted by atomic mass is 9.95. The Hall–Kier alpha value is -2.62. The molecule has 3 nitrogen and oxygen atoms in total. The molecule has 1 amide bonds. The van der Waals surface area contributed by atoms with Gasteiger partial charge in [0.1, 0.15) is 5.82 Å². The molecule has 25 heavy (non-hydrogen) atoms. The number of nitrogens with one attached hydrogen (secondary N) is 1. The van der Waals surface area contributed by atoms with Gasteiger partial charge in [-0.3, -0.25) is 4.79 Å². The van der Waals surface area contributed by atoms with Crippen molar-refractivity contribution < 1.29 is 9.18 Å². The summed E-state index contributed by atoms with van der Waals surface area (Å²) in [5.74, 6) is -0.323.